The summed E-state index contributed by atoms with van der Waals surface area (Å²) in [6, 6.07) is -0.782. The maximum atomic E-state index is 12.7. The van der Waals surface area contributed by atoms with Gasteiger partial charge < -0.3 is 10.5 Å². The van der Waals surface area contributed by atoms with Crippen LogP contribution in [0.15, 0.2) is 5.16 Å². The van der Waals surface area contributed by atoms with Gasteiger partial charge in [-0.2, -0.15) is 8.42 Å². The summed E-state index contributed by atoms with van der Waals surface area (Å²) in [4.78, 5) is 11.4. The number of esters is 1. The van der Waals surface area contributed by atoms with E-state index < -0.39 is 36.2 Å². The molecule has 1 heterocycles. The molecule has 154 valence electrons. The van der Waals surface area contributed by atoms with Crippen LogP contribution in [0.5, 0.6) is 0 Å². The molecule has 0 radical (unpaired) electrons. The average Bonchev–Trinajstić information content (AvgIpc) is 2.55. The molecule has 2 N–H and O–H groups in total. The topological polar surface area (TPSA) is 145 Å². The van der Waals surface area contributed by atoms with E-state index >= 15 is 0 Å². The highest BCUT2D eigenvalue weighted by atomic mass is 35.5. The zero-order valence-electron chi connectivity index (χ0n) is 15.2. The van der Waals surface area contributed by atoms with Gasteiger partial charge in [0.2, 0.25) is 4.08 Å². The van der Waals surface area contributed by atoms with Gasteiger partial charge in [0.05, 0.1) is 6.61 Å². The van der Waals surface area contributed by atoms with E-state index in [1.807, 2.05) is 0 Å². The first-order chi connectivity index (χ1) is 11.4. The highest BCUT2D eigenvalue weighted by Gasteiger charge is 2.54. The van der Waals surface area contributed by atoms with E-state index in [1.54, 1.807) is 6.92 Å². The number of ether oxygens (including phenoxy) is 1. The van der Waals surface area contributed by atoms with Crippen molar-refractivity contribution in [3.63, 3.8) is 0 Å². The maximum Gasteiger partial charge on any atom is 0.350 e. The van der Waals surface area contributed by atoms with Gasteiger partial charge in [-0.25, -0.2) is 8.42 Å². The van der Waals surface area contributed by atoms with Crippen LogP contribution in [0, 0.1) is 0 Å². The van der Waals surface area contributed by atoms with E-state index in [0.29, 0.717) is 19.3 Å². The van der Waals surface area contributed by atoms with Crippen molar-refractivity contribution in [2.24, 2.45) is 10.9 Å². The van der Waals surface area contributed by atoms with Crippen molar-refractivity contribution in [3.05, 3.63) is 0 Å². The number of rotatable bonds is 7. The fourth-order valence-electron chi connectivity index (χ4n) is 2.08. The van der Waals surface area contributed by atoms with Gasteiger partial charge in [0.15, 0.2) is 5.84 Å². The number of carbonyl (C=O) groups excluding carboxylic acids is 1. The van der Waals surface area contributed by atoms with Crippen molar-refractivity contribution in [3.8, 4) is 0 Å². The number of halogens is 1. The van der Waals surface area contributed by atoms with Crippen molar-refractivity contribution in [2.45, 2.75) is 57.1 Å². The largest absolute Gasteiger partial charge is 0.465 e. The molecule has 26 heavy (non-hydrogen) atoms. The Balaban J connectivity index is 0.00000625. The molecule has 0 saturated carbocycles. The number of amidine groups is 1. The van der Waals surface area contributed by atoms with E-state index in [0.717, 1.165) is 18.2 Å². The van der Waals surface area contributed by atoms with E-state index in [2.05, 4.69) is 9.44 Å². The SMILES string of the molecule is CCOC(=O)C(N)CCCCN1C(C)=NOS(=O)(=O)C(C)(C)S1(=O)=O.Cl. The summed E-state index contributed by atoms with van der Waals surface area (Å²) in [5, 5.41) is 3.39. The van der Waals surface area contributed by atoms with Gasteiger partial charge in [-0.05, 0) is 47.0 Å². The summed E-state index contributed by atoms with van der Waals surface area (Å²) in [5.74, 6) is -0.591. The predicted octanol–water partition coefficient (Wildman–Crippen LogP) is 0.530. The van der Waals surface area contributed by atoms with Crippen LogP contribution in [0.2, 0.25) is 0 Å². The Hall–Kier alpha value is -1.11. The number of hydrogen-bond donors (Lipinski definition) is 1. The quantitative estimate of drug-likeness (QED) is 0.450. The normalized spacial score (nSPS) is 21.4. The van der Waals surface area contributed by atoms with Crippen LogP contribution in [0.1, 0.15) is 47.0 Å². The molecule has 0 aromatic heterocycles. The Morgan fingerprint density at radius 3 is 2.42 bits per heavy atom. The third-order valence-corrected chi connectivity index (χ3v) is 8.85. The summed E-state index contributed by atoms with van der Waals surface area (Å²) < 4.78 is 57.3. The summed E-state index contributed by atoms with van der Waals surface area (Å²) in [6.07, 6.45) is 1.13. The number of sulfonamides is 1. The molecule has 1 unspecified atom stereocenters. The van der Waals surface area contributed by atoms with Gasteiger partial charge in [0.1, 0.15) is 6.04 Å². The minimum absolute atomic E-state index is 0. The molecule has 1 aliphatic rings. The molecule has 0 aromatic rings. The monoisotopic (exact) mass is 435 g/mol. The lowest BCUT2D eigenvalue weighted by Gasteiger charge is -2.28. The molecule has 1 rings (SSSR count). The molecule has 1 atom stereocenters. The smallest absolute Gasteiger partial charge is 0.350 e. The average molecular weight is 436 g/mol. The van der Waals surface area contributed by atoms with Gasteiger partial charge in [0.25, 0.3) is 10.0 Å². The van der Waals surface area contributed by atoms with Crippen LogP contribution in [0.25, 0.3) is 0 Å². The van der Waals surface area contributed by atoms with Gasteiger partial charge in [0, 0.05) is 6.54 Å². The van der Waals surface area contributed by atoms with E-state index in [1.165, 1.54) is 6.92 Å². The fraction of sp³-hybridized carbons (Fsp3) is 0.846. The minimum Gasteiger partial charge on any atom is -0.465 e. The Labute approximate surface area is 160 Å². The van der Waals surface area contributed by atoms with Crippen LogP contribution < -0.4 is 5.73 Å². The van der Waals surface area contributed by atoms with Gasteiger partial charge in [-0.15, -0.1) is 12.4 Å². The summed E-state index contributed by atoms with van der Waals surface area (Å²) in [5.41, 5.74) is 5.68. The molecule has 0 bridgehead atoms. The number of hydrogen-bond acceptors (Lipinski definition) is 9. The number of carbonyl (C=O) groups is 1. The molecule has 13 heteroatoms. The van der Waals surface area contributed by atoms with Crippen molar-refractivity contribution >= 4 is 44.4 Å². The minimum atomic E-state index is -4.43. The molecule has 0 aromatic carbocycles. The number of nitrogens with zero attached hydrogens (tertiary/aromatic N) is 2. The Morgan fingerprint density at radius 1 is 1.31 bits per heavy atom. The summed E-state index contributed by atoms with van der Waals surface area (Å²) in [7, 11) is -8.68. The first kappa shape index (κ1) is 24.9. The maximum absolute atomic E-state index is 12.7. The zero-order valence-corrected chi connectivity index (χ0v) is 17.6. The standard InChI is InChI=1S/C13H25N3O7S2.ClH/c1-5-22-12(17)11(14)8-6-7-9-16-10(2)15-23-25(20,21)13(3,4)24(16,18)19;/h11H,5-9,14H2,1-4H3;1H. The van der Waals surface area contributed by atoms with Crippen molar-refractivity contribution in [1.29, 1.82) is 0 Å². The third kappa shape index (κ3) is 4.99. The van der Waals surface area contributed by atoms with Crippen LogP contribution in [-0.4, -0.2) is 56.2 Å². The van der Waals surface area contributed by atoms with Crippen molar-refractivity contribution in [1.82, 2.24) is 4.31 Å². The highest BCUT2D eigenvalue weighted by Crippen LogP contribution is 2.31. The van der Waals surface area contributed by atoms with Crippen LogP contribution in [0.3, 0.4) is 0 Å². The van der Waals surface area contributed by atoms with Gasteiger partial charge in [-0.3, -0.25) is 13.4 Å². The molecule has 0 aliphatic carbocycles. The molecule has 0 fully saturated rings. The van der Waals surface area contributed by atoms with E-state index in [9.17, 15) is 21.6 Å². The third-order valence-electron chi connectivity index (χ3n) is 3.86. The first-order valence-electron chi connectivity index (χ1n) is 7.80. The predicted molar refractivity (Wildman–Crippen MR) is 98.5 cm³/mol. The van der Waals surface area contributed by atoms with Crippen LogP contribution in [0.4, 0.5) is 0 Å². The van der Waals surface area contributed by atoms with Gasteiger partial charge in [-0.1, -0.05) is 5.16 Å². The Kier molecular flexibility index (Phi) is 8.81. The fourth-order valence-corrected chi connectivity index (χ4v) is 5.14. The number of oxime groups is 1. The summed E-state index contributed by atoms with van der Waals surface area (Å²) >= 11 is 0. The lowest BCUT2D eigenvalue weighted by Crippen LogP contribution is -2.49. The zero-order chi connectivity index (χ0) is 19.5. The van der Waals surface area contributed by atoms with Crippen LogP contribution in [-0.2, 0) is 34.0 Å². The van der Waals surface area contributed by atoms with Gasteiger partial charge >= 0.3 is 16.1 Å². The lowest BCUT2D eigenvalue weighted by atomic mass is 10.1. The molecule has 1 aliphatic heterocycles. The van der Waals surface area contributed by atoms with Crippen molar-refractivity contribution in [2.75, 3.05) is 13.2 Å². The molecule has 0 saturated heterocycles. The second kappa shape index (κ2) is 9.20. The molecule has 10 nitrogen and oxygen atoms in total. The Morgan fingerprint density at radius 2 is 1.88 bits per heavy atom. The number of unbranched alkanes of at least 4 members (excludes halogenated alkanes) is 1. The lowest BCUT2D eigenvalue weighted by molar-refractivity contribution is -0.144. The second-order valence-electron chi connectivity index (χ2n) is 6.00. The van der Waals surface area contributed by atoms with E-state index in [4.69, 9.17) is 10.5 Å². The Bertz CT molecular complexity index is 735. The molecular formula is C13H26ClN3O7S2. The summed E-state index contributed by atoms with van der Waals surface area (Å²) in [6.45, 7) is 5.35. The first-order valence-corrected chi connectivity index (χ1v) is 10.7. The molecular weight excluding hydrogens is 410 g/mol. The second-order valence-corrected chi connectivity index (χ2v) is 10.7. The highest BCUT2D eigenvalue weighted by molar-refractivity contribution is 8.07. The van der Waals surface area contributed by atoms with E-state index in [-0.39, 0.29) is 31.4 Å². The number of nitrogens with two attached hydrogens (primary N) is 1. The molecule has 0 amide bonds. The molecule has 0 spiro atoms. The van der Waals surface area contributed by atoms with Crippen LogP contribution >= 0.6 is 12.4 Å². The van der Waals surface area contributed by atoms with Crippen molar-refractivity contribution < 1.29 is 30.7 Å².